The van der Waals surface area contributed by atoms with E-state index in [4.69, 9.17) is 5.84 Å². The van der Waals surface area contributed by atoms with Gasteiger partial charge in [0.2, 0.25) is 5.95 Å². The summed E-state index contributed by atoms with van der Waals surface area (Å²) in [7, 11) is 0. The maximum atomic E-state index is 5.30. The molecule has 1 heterocycles. The van der Waals surface area contributed by atoms with Crippen LogP contribution in [0.1, 0.15) is 19.4 Å². The van der Waals surface area contributed by atoms with E-state index in [1.807, 2.05) is 6.92 Å². The zero-order chi connectivity index (χ0) is 12.7. The summed E-state index contributed by atoms with van der Waals surface area (Å²) in [5.74, 6) is 6.80. The van der Waals surface area contributed by atoms with E-state index in [1.54, 1.807) is 18.0 Å². The zero-order valence-corrected chi connectivity index (χ0v) is 11.5. The van der Waals surface area contributed by atoms with Gasteiger partial charge >= 0.3 is 0 Å². The quantitative estimate of drug-likeness (QED) is 0.333. The number of hydrazine groups is 1. The molecule has 0 amide bonds. The van der Waals surface area contributed by atoms with Gasteiger partial charge in [0.25, 0.3) is 0 Å². The Bertz CT molecular complexity index is 341. The van der Waals surface area contributed by atoms with E-state index in [1.165, 1.54) is 0 Å². The van der Waals surface area contributed by atoms with Crippen LogP contribution in [-0.4, -0.2) is 40.3 Å². The smallest absolute Gasteiger partial charge is 0.238 e. The van der Waals surface area contributed by atoms with Crippen molar-refractivity contribution in [2.24, 2.45) is 5.84 Å². The van der Waals surface area contributed by atoms with Crippen molar-refractivity contribution < 1.29 is 0 Å². The number of aromatic nitrogens is 2. The average molecular weight is 255 g/mol. The van der Waals surface area contributed by atoms with Crippen molar-refractivity contribution in [3.05, 3.63) is 11.8 Å². The van der Waals surface area contributed by atoms with Crippen LogP contribution in [0.5, 0.6) is 0 Å². The lowest BCUT2D eigenvalue weighted by atomic mass is 10.4. The molecule has 0 fully saturated rings. The van der Waals surface area contributed by atoms with Gasteiger partial charge in [0.1, 0.15) is 5.03 Å². The Hall–Kier alpha value is -0.850. The molecule has 6 heteroatoms. The Balaban J connectivity index is 2.50. The topological polar surface area (TPSA) is 67.1 Å². The van der Waals surface area contributed by atoms with Gasteiger partial charge in [0.15, 0.2) is 0 Å². The van der Waals surface area contributed by atoms with Crippen LogP contribution in [0.2, 0.25) is 0 Å². The molecule has 0 bridgehead atoms. The van der Waals surface area contributed by atoms with Crippen molar-refractivity contribution in [3.8, 4) is 0 Å². The summed E-state index contributed by atoms with van der Waals surface area (Å²) in [4.78, 5) is 10.8. The summed E-state index contributed by atoms with van der Waals surface area (Å²) in [6, 6.07) is 0. The van der Waals surface area contributed by atoms with E-state index in [2.05, 4.69) is 34.1 Å². The lowest BCUT2D eigenvalue weighted by Crippen LogP contribution is -2.25. The highest BCUT2D eigenvalue weighted by atomic mass is 32.2. The number of thioether (sulfide) groups is 1. The molecule has 0 aromatic carbocycles. The van der Waals surface area contributed by atoms with Crippen LogP contribution in [0.15, 0.2) is 11.2 Å². The first-order valence-corrected chi connectivity index (χ1v) is 6.85. The minimum Gasteiger partial charge on any atom is -0.303 e. The predicted octanol–water partition coefficient (Wildman–Crippen LogP) is 1.50. The minimum absolute atomic E-state index is 0.473. The molecular formula is C11H21N5S. The van der Waals surface area contributed by atoms with Crippen molar-refractivity contribution >= 4 is 17.7 Å². The van der Waals surface area contributed by atoms with Gasteiger partial charge in [-0.15, -0.1) is 11.8 Å². The lowest BCUT2D eigenvalue weighted by Gasteiger charge is -2.17. The number of nitrogens with two attached hydrogens (primary N) is 1. The summed E-state index contributed by atoms with van der Waals surface area (Å²) in [6.07, 6.45) is 1.79. The number of hydrogen-bond donors (Lipinski definition) is 2. The summed E-state index contributed by atoms with van der Waals surface area (Å²) in [6.45, 7) is 9.64. The summed E-state index contributed by atoms with van der Waals surface area (Å²) >= 11 is 1.75. The summed E-state index contributed by atoms with van der Waals surface area (Å²) < 4.78 is 0. The summed E-state index contributed by atoms with van der Waals surface area (Å²) in [5, 5.41) is 1.00. The van der Waals surface area contributed by atoms with Crippen LogP contribution >= 0.6 is 11.8 Å². The van der Waals surface area contributed by atoms with Crippen LogP contribution in [0.4, 0.5) is 5.95 Å². The van der Waals surface area contributed by atoms with E-state index < -0.39 is 0 Å². The largest absolute Gasteiger partial charge is 0.303 e. The molecule has 0 aliphatic rings. The molecule has 0 aliphatic carbocycles. The molecule has 0 saturated heterocycles. The van der Waals surface area contributed by atoms with Crippen molar-refractivity contribution in [3.63, 3.8) is 0 Å². The molecule has 0 radical (unpaired) electrons. The number of hydrogen-bond acceptors (Lipinski definition) is 6. The molecule has 1 aromatic rings. The van der Waals surface area contributed by atoms with Crippen LogP contribution in [0, 0.1) is 6.92 Å². The fourth-order valence-corrected chi connectivity index (χ4v) is 2.43. The van der Waals surface area contributed by atoms with E-state index in [0.29, 0.717) is 5.95 Å². The standard InChI is InChI=1S/C11H21N5S/c1-4-16(5-2)6-7-17-10-9(3)8-13-11(14-10)15-12/h8H,4-7,12H2,1-3H3,(H,13,14,15). The van der Waals surface area contributed by atoms with Crippen molar-refractivity contribution in [1.82, 2.24) is 14.9 Å². The SMILES string of the molecule is CCN(CC)CCSc1nc(NN)ncc1C. The molecule has 0 atom stereocenters. The van der Waals surface area contributed by atoms with Gasteiger partial charge in [0.05, 0.1) is 0 Å². The van der Waals surface area contributed by atoms with Crippen LogP contribution in [0.25, 0.3) is 0 Å². The van der Waals surface area contributed by atoms with Gasteiger partial charge in [-0.05, 0) is 25.6 Å². The van der Waals surface area contributed by atoms with Gasteiger partial charge in [-0.3, -0.25) is 5.43 Å². The van der Waals surface area contributed by atoms with Crippen molar-refractivity contribution in [2.45, 2.75) is 25.8 Å². The third kappa shape index (κ3) is 4.49. The molecule has 17 heavy (non-hydrogen) atoms. The van der Waals surface area contributed by atoms with E-state index in [0.717, 1.165) is 36.0 Å². The zero-order valence-electron chi connectivity index (χ0n) is 10.7. The Morgan fingerprint density at radius 1 is 1.41 bits per heavy atom. The molecule has 0 spiro atoms. The monoisotopic (exact) mass is 255 g/mol. The first-order chi connectivity index (χ1) is 8.21. The van der Waals surface area contributed by atoms with E-state index >= 15 is 0 Å². The van der Waals surface area contributed by atoms with E-state index in [9.17, 15) is 0 Å². The maximum absolute atomic E-state index is 5.30. The number of aryl methyl sites for hydroxylation is 1. The number of rotatable bonds is 7. The minimum atomic E-state index is 0.473. The van der Waals surface area contributed by atoms with E-state index in [-0.39, 0.29) is 0 Å². The Kier molecular flexibility index (Phi) is 6.25. The van der Waals surface area contributed by atoms with Gasteiger partial charge in [-0.2, -0.15) is 0 Å². The Morgan fingerprint density at radius 3 is 2.71 bits per heavy atom. The normalized spacial score (nSPS) is 10.9. The average Bonchev–Trinajstić information content (AvgIpc) is 2.36. The second-order valence-corrected chi connectivity index (χ2v) is 4.79. The lowest BCUT2D eigenvalue weighted by molar-refractivity contribution is 0.324. The molecule has 96 valence electrons. The van der Waals surface area contributed by atoms with Gasteiger partial charge < -0.3 is 4.90 Å². The molecule has 0 unspecified atom stereocenters. The first kappa shape index (κ1) is 14.2. The van der Waals surface area contributed by atoms with Gasteiger partial charge in [-0.25, -0.2) is 15.8 Å². The van der Waals surface area contributed by atoms with Crippen molar-refractivity contribution in [2.75, 3.05) is 30.8 Å². The van der Waals surface area contributed by atoms with Crippen LogP contribution in [0.3, 0.4) is 0 Å². The third-order valence-electron chi connectivity index (χ3n) is 2.60. The third-order valence-corrected chi connectivity index (χ3v) is 3.67. The first-order valence-electron chi connectivity index (χ1n) is 5.86. The molecule has 1 aromatic heterocycles. The number of nitrogen functional groups attached to an aromatic ring is 1. The van der Waals surface area contributed by atoms with Crippen LogP contribution in [-0.2, 0) is 0 Å². The fraction of sp³-hybridized carbons (Fsp3) is 0.636. The van der Waals surface area contributed by atoms with Crippen LogP contribution < -0.4 is 11.3 Å². The number of nitrogens with one attached hydrogen (secondary N) is 1. The molecule has 0 saturated carbocycles. The van der Waals surface area contributed by atoms with Gasteiger partial charge in [0, 0.05) is 18.5 Å². The second kappa shape index (κ2) is 7.47. The molecule has 1 rings (SSSR count). The van der Waals surface area contributed by atoms with Crippen molar-refractivity contribution in [1.29, 1.82) is 0 Å². The number of anilines is 1. The molecule has 5 nitrogen and oxygen atoms in total. The highest BCUT2D eigenvalue weighted by Crippen LogP contribution is 2.20. The highest BCUT2D eigenvalue weighted by molar-refractivity contribution is 7.99. The predicted molar refractivity (Wildman–Crippen MR) is 73.1 cm³/mol. The second-order valence-electron chi connectivity index (χ2n) is 3.70. The Labute approximate surface area is 107 Å². The molecular weight excluding hydrogens is 234 g/mol. The number of nitrogens with zero attached hydrogens (tertiary/aromatic N) is 3. The Morgan fingerprint density at radius 2 is 2.12 bits per heavy atom. The fourth-order valence-electron chi connectivity index (χ4n) is 1.45. The maximum Gasteiger partial charge on any atom is 0.238 e. The molecule has 3 N–H and O–H groups in total. The van der Waals surface area contributed by atoms with Gasteiger partial charge in [-0.1, -0.05) is 13.8 Å². The highest BCUT2D eigenvalue weighted by Gasteiger charge is 2.05. The summed E-state index contributed by atoms with van der Waals surface area (Å²) in [5.41, 5.74) is 3.56. The molecule has 0 aliphatic heterocycles.